The molecule has 0 unspecified atom stereocenters. The van der Waals surface area contributed by atoms with Crippen LogP contribution in [-0.4, -0.2) is 97.7 Å². The van der Waals surface area contributed by atoms with Gasteiger partial charge in [0.05, 0.1) is 36.5 Å². The summed E-state index contributed by atoms with van der Waals surface area (Å²) in [6.45, 7) is 5.16. The number of ether oxygens (including phenoxy) is 3. The highest BCUT2D eigenvalue weighted by Crippen LogP contribution is 2.34. The van der Waals surface area contributed by atoms with Crippen molar-refractivity contribution in [3.05, 3.63) is 41.8 Å². The molecule has 1 amide bonds. The van der Waals surface area contributed by atoms with Gasteiger partial charge in [-0.1, -0.05) is 18.2 Å². The Morgan fingerprint density at radius 2 is 2.03 bits per heavy atom. The molecule has 37 heavy (non-hydrogen) atoms. The summed E-state index contributed by atoms with van der Waals surface area (Å²) < 4.78 is 32.2. The average Bonchev–Trinajstić information content (AvgIpc) is 3.44. The highest BCUT2D eigenvalue weighted by Gasteiger charge is 2.48. The second-order valence-corrected chi connectivity index (χ2v) is 9.47. The van der Waals surface area contributed by atoms with Crippen molar-refractivity contribution in [1.29, 1.82) is 0 Å². The zero-order valence-corrected chi connectivity index (χ0v) is 21.5. The molecule has 4 rings (SSSR count). The van der Waals surface area contributed by atoms with E-state index in [1.54, 1.807) is 0 Å². The summed E-state index contributed by atoms with van der Waals surface area (Å²) in [5.74, 6) is -0.936. The number of fused-ring (bicyclic) bond motifs is 1. The third-order valence-corrected chi connectivity index (χ3v) is 6.29. The monoisotopic (exact) mass is 536 g/mol. The highest BCUT2D eigenvalue weighted by molar-refractivity contribution is 6.31. The van der Waals surface area contributed by atoms with Gasteiger partial charge in [-0.25, -0.2) is 9.37 Å². The van der Waals surface area contributed by atoms with Gasteiger partial charge in [-0.3, -0.25) is 4.79 Å². The van der Waals surface area contributed by atoms with Crippen molar-refractivity contribution in [1.82, 2.24) is 14.9 Å². The van der Waals surface area contributed by atoms with E-state index in [9.17, 15) is 9.90 Å². The van der Waals surface area contributed by atoms with Crippen LogP contribution in [0.2, 0.25) is 5.02 Å². The van der Waals surface area contributed by atoms with E-state index in [1.165, 1.54) is 18.3 Å². The van der Waals surface area contributed by atoms with Crippen LogP contribution >= 0.6 is 11.6 Å². The van der Waals surface area contributed by atoms with E-state index in [2.05, 4.69) is 27.2 Å². The number of aliphatic hydroxyl groups is 1. The standard InChI is InChI=1S/C24H30ClFN6O5/c1-5-20(34)28-16-9-15(14(26)8-17(16)32(4)7-6-31(2)3)29-24-27-10-13(25)23(30-24)37-19-12-36-21-18(33)11-35-22(19)21/h5,8-10,18-19,21-22,33H,1,6-7,11-12H2,2-4H3,(H,28,34)(H,27,29,30)/t18-,19-,21-,22-/m0/s1. The Morgan fingerprint density at radius 3 is 2.76 bits per heavy atom. The summed E-state index contributed by atoms with van der Waals surface area (Å²) in [6, 6.07) is 2.78. The molecule has 2 aromatic rings. The predicted octanol–water partition coefficient (Wildman–Crippen LogP) is 2.04. The quantitative estimate of drug-likeness (QED) is 0.389. The number of hydrogen-bond acceptors (Lipinski definition) is 10. The predicted molar refractivity (Wildman–Crippen MR) is 137 cm³/mol. The van der Waals surface area contributed by atoms with Gasteiger partial charge in [0.15, 0.2) is 6.10 Å². The molecule has 13 heteroatoms. The summed E-state index contributed by atoms with van der Waals surface area (Å²) in [6.07, 6.45) is 0.276. The van der Waals surface area contributed by atoms with E-state index >= 15 is 4.39 Å². The van der Waals surface area contributed by atoms with Gasteiger partial charge in [-0.2, -0.15) is 4.98 Å². The van der Waals surface area contributed by atoms with Gasteiger partial charge in [-0.05, 0) is 26.2 Å². The maximum absolute atomic E-state index is 15.2. The van der Waals surface area contributed by atoms with Gasteiger partial charge in [0, 0.05) is 26.2 Å². The van der Waals surface area contributed by atoms with Gasteiger partial charge >= 0.3 is 0 Å². The molecule has 0 saturated carbocycles. The van der Waals surface area contributed by atoms with E-state index < -0.39 is 36.1 Å². The van der Waals surface area contributed by atoms with E-state index in [0.29, 0.717) is 17.9 Å². The molecule has 0 aliphatic carbocycles. The molecule has 2 fully saturated rings. The molecule has 4 atom stereocenters. The van der Waals surface area contributed by atoms with Crippen molar-refractivity contribution in [3.8, 4) is 5.88 Å². The lowest BCUT2D eigenvalue weighted by Gasteiger charge is -2.25. The summed E-state index contributed by atoms with van der Waals surface area (Å²) in [4.78, 5) is 24.3. The fraction of sp³-hybridized carbons (Fsp3) is 0.458. The molecule has 11 nitrogen and oxygen atoms in total. The van der Waals surface area contributed by atoms with Gasteiger partial charge < -0.3 is 39.8 Å². The number of anilines is 4. The van der Waals surface area contributed by atoms with Crippen LogP contribution in [0.5, 0.6) is 5.88 Å². The number of nitrogens with one attached hydrogen (secondary N) is 2. The molecule has 0 spiro atoms. The van der Waals surface area contributed by atoms with Gasteiger partial charge in [0.1, 0.15) is 29.2 Å². The van der Waals surface area contributed by atoms with E-state index in [4.69, 9.17) is 25.8 Å². The number of halogens is 2. The summed E-state index contributed by atoms with van der Waals surface area (Å²) in [5, 5.41) is 15.6. The van der Waals surface area contributed by atoms with Crippen LogP contribution in [0.1, 0.15) is 0 Å². The first kappa shape index (κ1) is 27.0. The van der Waals surface area contributed by atoms with Crippen molar-refractivity contribution in [2.45, 2.75) is 24.4 Å². The Labute approximate surface area is 219 Å². The molecule has 1 aromatic carbocycles. The summed E-state index contributed by atoms with van der Waals surface area (Å²) >= 11 is 6.24. The Hall–Kier alpha value is -3.03. The van der Waals surface area contributed by atoms with E-state index in [1.807, 2.05) is 30.9 Å². The van der Waals surface area contributed by atoms with Crippen molar-refractivity contribution in [2.24, 2.45) is 0 Å². The van der Waals surface area contributed by atoms with Gasteiger partial charge in [0.25, 0.3) is 0 Å². The number of aromatic nitrogens is 2. The molecule has 1 aromatic heterocycles. The number of nitrogens with zero attached hydrogens (tertiary/aromatic N) is 4. The molecule has 2 aliphatic heterocycles. The number of hydrogen-bond donors (Lipinski definition) is 3. The number of carbonyl (C=O) groups excluding carboxylic acids is 1. The smallest absolute Gasteiger partial charge is 0.247 e. The summed E-state index contributed by atoms with van der Waals surface area (Å²) in [7, 11) is 5.69. The maximum atomic E-state index is 15.2. The van der Waals surface area contributed by atoms with Crippen LogP contribution in [0.3, 0.4) is 0 Å². The van der Waals surface area contributed by atoms with Gasteiger partial charge in [0.2, 0.25) is 17.7 Å². The van der Waals surface area contributed by atoms with Crippen LogP contribution in [0.4, 0.5) is 27.4 Å². The molecule has 200 valence electrons. The minimum atomic E-state index is -0.722. The zero-order valence-electron chi connectivity index (χ0n) is 20.8. The van der Waals surface area contributed by atoms with E-state index in [0.717, 1.165) is 12.6 Å². The lowest BCUT2D eigenvalue weighted by atomic mass is 10.1. The molecule has 0 radical (unpaired) electrons. The van der Waals surface area contributed by atoms with Crippen molar-refractivity contribution < 1.29 is 28.5 Å². The van der Waals surface area contributed by atoms with Gasteiger partial charge in [-0.15, -0.1) is 0 Å². The molecular formula is C24H30ClFN6O5. The zero-order chi connectivity index (χ0) is 26.7. The fourth-order valence-corrected chi connectivity index (χ4v) is 4.17. The largest absolute Gasteiger partial charge is 0.468 e. The number of amides is 1. The lowest BCUT2D eigenvalue weighted by Crippen LogP contribution is -2.34. The minimum Gasteiger partial charge on any atom is -0.468 e. The number of carbonyl (C=O) groups is 1. The number of aliphatic hydroxyl groups excluding tert-OH is 1. The van der Waals surface area contributed by atoms with Crippen molar-refractivity contribution >= 4 is 40.5 Å². The summed E-state index contributed by atoms with van der Waals surface area (Å²) in [5.41, 5.74) is 0.908. The molecule has 3 heterocycles. The Balaban J connectivity index is 1.56. The lowest BCUT2D eigenvalue weighted by molar-refractivity contribution is -0.111. The normalized spacial score (nSPS) is 22.6. The minimum absolute atomic E-state index is 0.0239. The first-order valence-corrected chi connectivity index (χ1v) is 12.0. The molecule has 2 saturated heterocycles. The molecule has 2 aliphatic rings. The van der Waals surface area contributed by atoms with Crippen LogP contribution in [-0.2, 0) is 14.3 Å². The third-order valence-electron chi connectivity index (χ3n) is 6.03. The molecule has 3 N–H and O–H groups in total. The first-order chi connectivity index (χ1) is 17.7. The van der Waals surface area contributed by atoms with Crippen LogP contribution in [0.15, 0.2) is 31.0 Å². The first-order valence-electron chi connectivity index (χ1n) is 11.7. The average molecular weight is 537 g/mol. The van der Waals surface area contributed by atoms with E-state index in [-0.39, 0.29) is 35.8 Å². The number of rotatable bonds is 10. The third kappa shape index (κ3) is 6.28. The maximum Gasteiger partial charge on any atom is 0.247 e. The van der Waals surface area contributed by atoms with Crippen molar-refractivity contribution in [2.75, 3.05) is 63.0 Å². The van der Waals surface area contributed by atoms with Crippen LogP contribution < -0.4 is 20.3 Å². The molecule has 0 bridgehead atoms. The Bertz CT molecular complexity index is 1150. The SMILES string of the molecule is C=CC(=O)Nc1cc(Nc2ncc(Cl)c(O[C@H]3CO[C@@H]4[C@H]3OC[C@@H]4O)n2)c(F)cc1N(C)CCN(C)C. The van der Waals surface area contributed by atoms with Crippen LogP contribution in [0, 0.1) is 5.82 Å². The molecular weight excluding hydrogens is 507 g/mol. The second-order valence-electron chi connectivity index (χ2n) is 9.06. The number of benzene rings is 1. The fourth-order valence-electron chi connectivity index (χ4n) is 4.03. The van der Waals surface area contributed by atoms with Crippen LogP contribution in [0.25, 0.3) is 0 Å². The number of likely N-dealkylation sites (N-methyl/N-ethyl adjacent to an activating group) is 2. The Morgan fingerprint density at radius 1 is 1.27 bits per heavy atom. The Kier molecular flexibility index (Phi) is 8.45. The topological polar surface area (TPSA) is 121 Å². The van der Waals surface area contributed by atoms with Crippen molar-refractivity contribution in [3.63, 3.8) is 0 Å². The highest BCUT2D eigenvalue weighted by atomic mass is 35.5. The second kappa shape index (κ2) is 11.6.